The smallest absolute Gasteiger partial charge is 0.137 e. The zero-order valence-electron chi connectivity index (χ0n) is 11.9. The SMILES string of the molecule is COc1ccc(Br)c(CC(=O)CCc2ccc(N)cc2)c1. The van der Waals surface area contributed by atoms with Gasteiger partial charge in [-0.1, -0.05) is 28.1 Å². The number of nitrogens with two attached hydrogens (primary N) is 1. The molecule has 4 heteroatoms. The Bertz CT molecular complexity index is 623. The van der Waals surface area contributed by atoms with Crippen molar-refractivity contribution in [2.45, 2.75) is 19.3 Å². The van der Waals surface area contributed by atoms with Crippen LogP contribution in [0.3, 0.4) is 0 Å². The van der Waals surface area contributed by atoms with E-state index in [2.05, 4.69) is 15.9 Å². The van der Waals surface area contributed by atoms with Crippen LogP contribution in [-0.2, 0) is 17.6 Å². The Morgan fingerprint density at radius 2 is 1.90 bits per heavy atom. The molecular weight excluding hydrogens is 330 g/mol. The standard InChI is InChI=1S/C17H18BrNO2/c1-21-16-8-9-17(18)13(11-16)10-15(20)7-4-12-2-5-14(19)6-3-12/h2-3,5-6,8-9,11H,4,7,10,19H2,1H3. The minimum Gasteiger partial charge on any atom is -0.497 e. The van der Waals surface area contributed by atoms with Crippen molar-refractivity contribution in [3.63, 3.8) is 0 Å². The van der Waals surface area contributed by atoms with Gasteiger partial charge in [0.25, 0.3) is 0 Å². The summed E-state index contributed by atoms with van der Waals surface area (Å²) in [4.78, 5) is 12.1. The van der Waals surface area contributed by atoms with Crippen LogP contribution in [0.4, 0.5) is 5.69 Å². The van der Waals surface area contributed by atoms with Crippen LogP contribution < -0.4 is 10.5 Å². The Balaban J connectivity index is 1.94. The highest BCUT2D eigenvalue weighted by atomic mass is 79.9. The third kappa shape index (κ3) is 4.60. The molecule has 0 fully saturated rings. The van der Waals surface area contributed by atoms with Crippen molar-refractivity contribution in [3.05, 3.63) is 58.1 Å². The van der Waals surface area contributed by atoms with Crippen molar-refractivity contribution in [1.82, 2.24) is 0 Å². The van der Waals surface area contributed by atoms with Gasteiger partial charge in [-0.05, 0) is 47.9 Å². The zero-order chi connectivity index (χ0) is 15.2. The summed E-state index contributed by atoms with van der Waals surface area (Å²) in [5.41, 5.74) is 8.47. The molecule has 110 valence electrons. The molecule has 0 aliphatic carbocycles. The number of halogens is 1. The van der Waals surface area contributed by atoms with Crippen LogP contribution >= 0.6 is 15.9 Å². The van der Waals surface area contributed by atoms with Crippen LogP contribution in [0, 0.1) is 0 Å². The lowest BCUT2D eigenvalue weighted by Gasteiger charge is -2.07. The van der Waals surface area contributed by atoms with Gasteiger partial charge < -0.3 is 10.5 Å². The molecule has 2 aromatic rings. The van der Waals surface area contributed by atoms with E-state index in [-0.39, 0.29) is 5.78 Å². The Labute approximate surface area is 133 Å². The summed E-state index contributed by atoms with van der Waals surface area (Å²) < 4.78 is 6.12. The largest absolute Gasteiger partial charge is 0.497 e. The maximum atomic E-state index is 12.1. The molecule has 2 N–H and O–H groups in total. The number of ether oxygens (including phenoxy) is 1. The van der Waals surface area contributed by atoms with Crippen molar-refractivity contribution >= 4 is 27.4 Å². The number of ketones is 1. The second-order valence-corrected chi connectivity index (χ2v) is 5.77. The van der Waals surface area contributed by atoms with E-state index in [1.54, 1.807) is 7.11 Å². The second kappa shape index (κ2) is 7.27. The van der Waals surface area contributed by atoms with E-state index in [4.69, 9.17) is 10.5 Å². The zero-order valence-corrected chi connectivity index (χ0v) is 13.5. The fraction of sp³-hybridized carbons (Fsp3) is 0.235. The van der Waals surface area contributed by atoms with E-state index >= 15 is 0 Å². The maximum Gasteiger partial charge on any atom is 0.137 e. The van der Waals surface area contributed by atoms with Crippen LogP contribution in [0.5, 0.6) is 5.75 Å². The van der Waals surface area contributed by atoms with E-state index in [9.17, 15) is 4.79 Å². The predicted octanol–water partition coefficient (Wildman–Crippen LogP) is 3.78. The number of methoxy groups -OCH3 is 1. The van der Waals surface area contributed by atoms with Gasteiger partial charge in [-0.15, -0.1) is 0 Å². The van der Waals surface area contributed by atoms with Crippen LogP contribution in [0.1, 0.15) is 17.5 Å². The minimum atomic E-state index is 0.209. The number of carbonyl (C=O) groups is 1. The molecule has 0 saturated carbocycles. The summed E-state index contributed by atoms with van der Waals surface area (Å²) >= 11 is 3.47. The first-order valence-electron chi connectivity index (χ1n) is 6.77. The second-order valence-electron chi connectivity index (χ2n) is 4.91. The number of hydrogen-bond acceptors (Lipinski definition) is 3. The Hall–Kier alpha value is -1.81. The molecular formula is C17H18BrNO2. The number of Topliss-reactive ketones (excluding diaryl/α,β-unsaturated/α-hetero) is 1. The quantitative estimate of drug-likeness (QED) is 0.809. The lowest BCUT2D eigenvalue weighted by atomic mass is 10.0. The van der Waals surface area contributed by atoms with Gasteiger partial charge in [0.2, 0.25) is 0 Å². The van der Waals surface area contributed by atoms with Gasteiger partial charge >= 0.3 is 0 Å². The van der Waals surface area contributed by atoms with E-state index < -0.39 is 0 Å². The molecule has 0 aromatic heterocycles. The average molecular weight is 348 g/mol. The number of aryl methyl sites for hydroxylation is 1. The molecule has 0 spiro atoms. The molecule has 21 heavy (non-hydrogen) atoms. The van der Waals surface area contributed by atoms with Crippen molar-refractivity contribution in [2.24, 2.45) is 0 Å². The van der Waals surface area contributed by atoms with Gasteiger partial charge in [-0.25, -0.2) is 0 Å². The van der Waals surface area contributed by atoms with E-state index in [0.29, 0.717) is 12.8 Å². The molecule has 0 heterocycles. The number of hydrogen-bond donors (Lipinski definition) is 1. The van der Waals surface area contributed by atoms with Crippen LogP contribution in [0.25, 0.3) is 0 Å². The third-order valence-electron chi connectivity index (χ3n) is 3.31. The molecule has 3 nitrogen and oxygen atoms in total. The normalized spacial score (nSPS) is 10.4. The van der Waals surface area contributed by atoms with Crippen LogP contribution in [-0.4, -0.2) is 12.9 Å². The van der Waals surface area contributed by atoms with Gasteiger partial charge in [0.1, 0.15) is 11.5 Å². The fourth-order valence-corrected chi connectivity index (χ4v) is 2.47. The lowest BCUT2D eigenvalue weighted by molar-refractivity contribution is -0.118. The first kappa shape index (κ1) is 15.6. The average Bonchev–Trinajstić information content (AvgIpc) is 2.49. The molecule has 0 aliphatic heterocycles. The first-order chi connectivity index (χ1) is 10.1. The Morgan fingerprint density at radius 3 is 2.57 bits per heavy atom. The van der Waals surface area contributed by atoms with E-state index in [1.807, 2.05) is 42.5 Å². The lowest BCUT2D eigenvalue weighted by Crippen LogP contribution is -2.05. The molecule has 2 rings (SSSR count). The number of rotatable bonds is 6. The van der Waals surface area contributed by atoms with Gasteiger partial charge in [0.05, 0.1) is 7.11 Å². The van der Waals surface area contributed by atoms with Crippen molar-refractivity contribution in [2.75, 3.05) is 12.8 Å². The predicted molar refractivity (Wildman–Crippen MR) is 88.6 cm³/mol. The number of carbonyl (C=O) groups excluding carboxylic acids is 1. The van der Waals surface area contributed by atoms with Gasteiger partial charge in [0, 0.05) is 23.0 Å². The molecule has 0 unspecified atom stereocenters. The molecule has 0 amide bonds. The summed E-state index contributed by atoms with van der Waals surface area (Å²) in [6, 6.07) is 13.3. The molecule has 2 aromatic carbocycles. The summed E-state index contributed by atoms with van der Waals surface area (Å²) in [5.74, 6) is 0.973. The molecule has 0 bridgehead atoms. The maximum absolute atomic E-state index is 12.1. The summed E-state index contributed by atoms with van der Waals surface area (Å²) in [6.07, 6.45) is 1.67. The monoisotopic (exact) mass is 347 g/mol. The highest BCUT2D eigenvalue weighted by molar-refractivity contribution is 9.10. The highest BCUT2D eigenvalue weighted by Gasteiger charge is 2.09. The van der Waals surface area contributed by atoms with Crippen molar-refractivity contribution in [1.29, 1.82) is 0 Å². The number of nitrogen functional groups attached to an aromatic ring is 1. The van der Waals surface area contributed by atoms with Gasteiger partial charge in [-0.3, -0.25) is 4.79 Å². The highest BCUT2D eigenvalue weighted by Crippen LogP contribution is 2.23. The summed E-state index contributed by atoms with van der Waals surface area (Å²) in [6.45, 7) is 0. The molecule has 0 atom stereocenters. The fourth-order valence-electron chi connectivity index (χ4n) is 2.08. The third-order valence-corrected chi connectivity index (χ3v) is 4.09. The van der Waals surface area contributed by atoms with E-state index in [1.165, 1.54) is 0 Å². The number of benzene rings is 2. The summed E-state index contributed by atoms with van der Waals surface area (Å²) in [5, 5.41) is 0. The first-order valence-corrected chi connectivity index (χ1v) is 7.56. The molecule has 0 aliphatic rings. The summed E-state index contributed by atoms with van der Waals surface area (Å²) in [7, 11) is 1.62. The van der Waals surface area contributed by atoms with E-state index in [0.717, 1.165) is 33.5 Å². The Kier molecular flexibility index (Phi) is 5.39. The molecule has 0 radical (unpaired) electrons. The van der Waals surface area contributed by atoms with Gasteiger partial charge in [0.15, 0.2) is 0 Å². The minimum absolute atomic E-state index is 0.209. The molecule has 0 saturated heterocycles. The van der Waals surface area contributed by atoms with Crippen molar-refractivity contribution in [3.8, 4) is 5.75 Å². The Morgan fingerprint density at radius 1 is 1.19 bits per heavy atom. The van der Waals surface area contributed by atoms with Gasteiger partial charge in [-0.2, -0.15) is 0 Å². The van der Waals surface area contributed by atoms with Crippen molar-refractivity contribution < 1.29 is 9.53 Å². The topological polar surface area (TPSA) is 52.3 Å². The van der Waals surface area contributed by atoms with Crippen LogP contribution in [0.15, 0.2) is 46.9 Å². The van der Waals surface area contributed by atoms with Crippen LogP contribution in [0.2, 0.25) is 0 Å². The number of anilines is 1.